The molecule has 0 saturated heterocycles. The van der Waals surface area contributed by atoms with Crippen molar-refractivity contribution in [2.24, 2.45) is 0 Å². The van der Waals surface area contributed by atoms with E-state index in [4.69, 9.17) is 5.73 Å². The van der Waals surface area contributed by atoms with Crippen LogP contribution in [0.15, 0.2) is 18.2 Å². The zero-order valence-electron chi connectivity index (χ0n) is 9.01. The summed E-state index contributed by atoms with van der Waals surface area (Å²) in [5.74, 6) is 0. The van der Waals surface area contributed by atoms with E-state index in [1.165, 1.54) is 11.3 Å². The molecule has 2 aromatic rings. The molecule has 0 amide bonds. The molecule has 0 aliphatic heterocycles. The SMILES string of the molecule is Nc1nc2c(C(O)C(O)CCBr)cccc2s1. The van der Waals surface area contributed by atoms with E-state index in [2.05, 4.69) is 20.9 Å². The molecule has 0 fully saturated rings. The zero-order chi connectivity index (χ0) is 12.4. The van der Waals surface area contributed by atoms with Crippen molar-refractivity contribution in [1.82, 2.24) is 4.98 Å². The monoisotopic (exact) mass is 316 g/mol. The number of aliphatic hydroxyl groups is 2. The number of aromatic nitrogens is 1. The minimum absolute atomic E-state index is 0.467. The first-order valence-corrected chi connectivity index (χ1v) is 7.14. The number of alkyl halides is 1. The number of anilines is 1. The van der Waals surface area contributed by atoms with Gasteiger partial charge in [-0.1, -0.05) is 39.4 Å². The first-order valence-electron chi connectivity index (χ1n) is 5.20. The number of hydrogen-bond acceptors (Lipinski definition) is 5. The molecule has 0 saturated carbocycles. The summed E-state index contributed by atoms with van der Waals surface area (Å²) in [5.41, 5.74) is 6.96. The summed E-state index contributed by atoms with van der Waals surface area (Å²) < 4.78 is 0.921. The fourth-order valence-corrected chi connectivity index (χ4v) is 2.94. The number of hydrogen-bond donors (Lipinski definition) is 3. The number of para-hydroxylation sites is 1. The third kappa shape index (κ3) is 2.60. The lowest BCUT2D eigenvalue weighted by Crippen LogP contribution is -2.18. The highest BCUT2D eigenvalue weighted by Crippen LogP contribution is 2.31. The van der Waals surface area contributed by atoms with Crippen molar-refractivity contribution in [3.63, 3.8) is 0 Å². The van der Waals surface area contributed by atoms with Crippen LogP contribution in [0.25, 0.3) is 10.2 Å². The molecule has 17 heavy (non-hydrogen) atoms. The minimum atomic E-state index is -0.933. The number of fused-ring (bicyclic) bond motifs is 1. The first-order chi connectivity index (χ1) is 8.13. The van der Waals surface area contributed by atoms with Crippen LogP contribution in [0.1, 0.15) is 18.1 Å². The fourth-order valence-electron chi connectivity index (χ4n) is 1.70. The number of thiazole rings is 1. The van der Waals surface area contributed by atoms with Gasteiger partial charge in [-0.3, -0.25) is 0 Å². The average molecular weight is 317 g/mol. The van der Waals surface area contributed by atoms with Crippen LogP contribution in [0.3, 0.4) is 0 Å². The van der Waals surface area contributed by atoms with Crippen LogP contribution >= 0.6 is 27.3 Å². The molecule has 92 valence electrons. The van der Waals surface area contributed by atoms with Gasteiger partial charge in [-0.15, -0.1) is 0 Å². The average Bonchev–Trinajstić information content (AvgIpc) is 2.68. The Labute approximate surface area is 111 Å². The summed E-state index contributed by atoms with van der Waals surface area (Å²) in [6.07, 6.45) is -1.25. The molecule has 6 heteroatoms. The third-order valence-electron chi connectivity index (χ3n) is 2.55. The van der Waals surface area contributed by atoms with E-state index in [9.17, 15) is 10.2 Å². The Morgan fingerprint density at radius 2 is 2.18 bits per heavy atom. The molecule has 0 spiro atoms. The molecule has 0 aliphatic carbocycles. The smallest absolute Gasteiger partial charge is 0.181 e. The van der Waals surface area contributed by atoms with Crippen molar-refractivity contribution >= 4 is 42.6 Å². The van der Waals surface area contributed by atoms with Gasteiger partial charge in [0.05, 0.1) is 16.3 Å². The maximum atomic E-state index is 10.1. The summed E-state index contributed by atoms with van der Waals surface area (Å²) in [7, 11) is 0. The Balaban J connectivity index is 2.40. The summed E-state index contributed by atoms with van der Waals surface area (Å²) in [6, 6.07) is 5.50. The second-order valence-corrected chi connectivity index (χ2v) is 5.59. The van der Waals surface area contributed by atoms with Crippen LogP contribution in [0.4, 0.5) is 5.13 Å². The van der Waals surface area contributed by atoms with Crippen LogP contribution < -0.4 is 5.73 Å². The van der Waals surface area contributed by atoms with E-state index in [0.717, 1.165) is 4.70 Å². The lowest BCUT2D eigenvalue weighted by molar-refractivity contribution is 0.0181. The predicted molar refractivity (Wildman–Crippen MR) is 73.4 cm³/mol. The molecule has 1 aromatic heterocycles. The standard InChI is InChI=1S/C11H13BrN2O2S/c12-5-4-7(15)10(16)6-2-1-3-8-9(6)14-11(13)17-8/h1-3,7,10,15-16H,4-5H2,(H2,13,14). The maximum absolute atomic E-state index is 10.1. The minimum Gasteiger partial charge on any atom is -0.390 e. The lowest BCUT2D eigenvalue weighted by atomic mass is 10.0. The van der Waals surface area contributed by atoms with Gasteiger partial charge < -0.3 is 15.9 Å². The van der Waals surface area contributed by atoms with Crippen molar-refractivity contribution < 1.29 is 10.2 Å². The number of nitrogen functional groups attached to an aromatic ring is 1. The normalized spacial score (nSPS) is 15.0. The summed E-state index contributed by atoms with van der Waals surface area (Å²) in [5, 5.41) is 21.0. The van der Waals surface area contributed by atoms with Gasteiger partial charge in [-0.2, -0.15) is 0 Å². The molecule has 2 unspecified atom stereocenters. The summed E-state index contributed by atoms with van der Waals surface area (Å²) >= 11 is 4.61. The second kappa shape index (κ2) is 5.30. The molecule has 0 radical (unpaired) electrons. The van der Waals surface area contributed by atoms with E-state index < -0.39 is 12.2 Å². The van der Waals surface area contributed by atoms with Gasteiger partial charge >= 0.3 is 0 Å². The molecular weight excluding hydrogens is 304 g/mol. The van der Waals surface area contributed by atoms with E-state index in [1.807, 2.05) is 12.1 Å². The number of benzene rings is 1. The first kappa shape index (κ1) is 12.8. The quantitative estimate of drug-likeness (QED) is 0.754. The third-order valence-corrected chi connectivity index (χ3v) is 3.86. The van der Waals surface area contributed by atoms with E-state index in [-0.39, 0.29) is 0 Å². The van der Waals surface area contributed by atoms with Crippen molar-refractivity contribution in [1.29, 1.82) is 0 Å². The van der Waals surface area contributed by atoms with Crippen LogP contribution in [0.2, 0.25) is 0 Å². The van der Waals surface area contributed by atoms with Gasteiger partial charge in [0.25, 0.3) is 0 Å². The molecule has 2 atom stereocenters. The van der Waals surface area contributed by atoms with Crippen LogP contribution in [0, 0.1) is 0 Å². The molecule has 4 N–H and O–H groups in total. The largest absolute Gasteiger partial charge is 0.390 e. The van der Waals surface area contributed by atoms with E-state index >= 15 is 0 Å². The lowest BCUT2D eigenvalue weighted by Gasteiger charge is -2.17. The highest BCUT2D eigenvalue weighted by atomic mass is 79.9. The van der Waals surface area contributed by atoms with E-state index in [1.54, 1.807) is 6.07 Å². The van der Waals surface area contributed by atoms with Crippen molar-refractivity contribution in [3.8, 4) is 0 Å². The Morgan fingerprint density at radius 3 is 2.88 bits per heavy atom. The van der Waals surface area contributed by atoms with Gasteiger partial charge in [-0.25, -0.2) is 4.98 Å². The summed E-state index contributed by atoms with van der Waals surface area (Å²) in [6.45, 7) is 0. The van der Waals surface area contributed by atoms with Crippen LogP contribution in [-0.2, 0) is 0 Å². The highest BCUT2D eigenvalue weighted by molar-refractivity contribution is 9.09. The van der Waals surface area contributed by atoms with Gasteiger partial charge in [0.1, 0.15) is 6.10 Å². The zero-order valence-corrected chi connectivity index (χ0v) is 11.4. The number of nitrogens with zero attached hydrogens (tertiary/aromatic N) is 1. The second-order valence-electron chi connectivity index (χ2n) is 3.74. The molecular formula is C11H13BrN2O2S. The van der Waals surface area contributed by atoms with Crippen LogP contribution in [0.5, 0.6) is 0 Å². The van der Waals surface area contributed by atoms with Gasteiger partial charge in [0.2, 0.25) is 0 Å². The predicted octanol–water partition coefficient (Wildman–Crippen LogP) is 2.06. The van der Waals surface area contributed by atoms with Crippen LogP contribution in [-0.4, -0.2) is 26.6 Å². The van der Waals surface area contributed by atoms with Gasteiger partial charge in [-0.05, 0) is 12.5 Å². The number of nitrogens with two attached hydrogens (primary N) is 1. The van der Waals surface area contributed by atoms with Crippen molar-refractivity contribution in [2.45, 2.75) is 18.6 Å². The Morgan fingerprint density at radius 1 is 1.41 bits per heavy atom. The highest BCUT2D eigenvalue weighted by Gasteiger charge is 2.21. The fraction of sp³-hybridized carbons (Fsp3) is 0.364. The molecule has 0 bridgehead atoms. The number of rotatable bonds is 4. The van der Waals surface area contributed by atoms with Gasteiger partial charge in [0.15, 0.2) is 5.13 Å². The Hall–Kier alpha value is -0.690. The molecule has 2 rings (SSSR count). The van der Waals surface area contributed by atoms with Crippen molar-refractivity contribution in [3.05, 3.63) is 23.8 Å². The Bertz CT molecular complexity index is 517. The molecule has 1 heterocycles. The Kier molecular flexibility index (Phi) is 3.98. The van der Waals surface area contributed by atoms with E-state index in [0.29, 0.717) is 28.0 Å². The molecule has 1 aromatic carbocycles. The summed E-state index contributed by atoms with van der Waals surface area (Å²) in [4.78, 5) is 4.19. The molecule has 4 nitrogen and oxygen atoms in total. The number of halogens is 1. The molecule has 0 aliphatic rings. The number of aliphatic hydroxyl groups excluding tert-OH is 2. The van der Waals surface area contributed by atoms with Crippen molar-refractivity contribution in [2.75, 3.05) is 11.1 Å². The van der Waals surface area contributed by atoms with Gasteiger partial charge in [0, 0.05) is 10.9 Å². The topological polar surface area (TPSA) is 79.4 Å². The maximum Gasteiger partial charge on any atom is 0.181 e.